The Morgan fingerprint density at radius 1 is 1.06 bits per heavy atom. The maximum absolute atomic E-state index is 6.29. The monoisotopic (exact) mass is 257 g/mol. The summed E-state index contributed by atoms with van der Waals surface area (Å²) in [4.78, 5) is 2.40. The number of nitrogens with zero attached hydrogens (tertiary/aromatic N) is 1. The molecule has 1 aliphatic rings. The summed E-state index contributed by atoms with van der Waals surface area (Å²) in [5.41, 5.74) is 2.30. The third-order valence-electron chi connectivity index (χ3n) is 3.14. The van der Waals surface area contributed by atoms with Crippen LogP contribution in [0.15, 0.2) is 18.2 Å². The Hall–Kier alpha value is -0.400. The Labute approximate surface area is 107 Å². The van der Waals surface area contributed by atoms with Crippen LogP contribution in [0.3, 0.4) is 0 Å². The second-order valence-corrected chi connectivity index (χ2v) is 4.96. The number of para-hydroxylation sites is 1. The lowest BCUT2D eigenvalue weighted by Gasteiger charge is -2.26. The predicted molar refractivity (Wildman–Crippen MR) is 71.7 cm³/mol. The molecule has 1 aromatic rings. The summed E-state index contributed by atoms with van der Waals surface area (Å²) in [5, 5.41) is 0.833. The minimum Gasteiger partial charge on any atom is -0.370 e. The molecule has 0 aliphatic carbocycles. The minimum atomic E-state index is 0.534. The molecule has 0 unspecified atom stereocenters. The van der Waals surface area contributed by atoms with E-state index < -0.39 is 0 Å². The van der Waals surface area contributed by atoms with Crippen molar-refractivity contribution in [3.63, 3.8) is 0 Å². The molecular formula is C13H17Cl2N. The highest BCUT2D eigenvalue weighted by Crippen LogP contribution is 2.32. The number of rotatable bonds is 2. The molecule has 1 heterocycles. The Bertz CT molecular complexity index is 344. The highest BCUT2D eigenvalue weighted by molar-refractivity contribution is 6.33. The molecule has 2 rings (SSSR count). The van der Waals surface area contributed by atoms with Crippen LogP contribution in [-0.4, -0.2) is 13.1 Å². The van der Waals surface area contributed by atoms with Gasteiger partial charge in [-0.2, -0.15) is 0 Å². The van der Waals surface area contributed by atoms with E-state index in [0.29, 0.717) is 5.88 Å². The summed E-state index contributed by atoms with van der Waals surface area (Å²) >= 11 is 12.3. The molecule has 1 nitrogen and oxygen atoms in total. The lowest BCUT2D eigenvalue weighted by Crippen LogP contribution is -2.25. The van der Waals surface area contributed by atoms with E-state index >= 15 is 0 Å². The van der Waals surface area contributed by atoms with Crippen LogP contribution in [-0.2, 0) is 5.88 Å². The normalized spacial score (nSPS) is 17.2. The average Bonchev–Trinajstić information content (AvgIpc) is 2.57. The molecule has 0 bridgehead atoms. The fourth-order valence-corrected chi connectivity index (χ4v) is 2.85. The number of alkyl halides is 1. The topological polar surface area (TPSA) is 3.24 Å². The lowest BCUT2D eigenvalue weighted by atomic mass is 10.1. The van der Waals surface area contributed by atoms with Gasteiger partial charge in [0.1, 0.15) is 0 Å². The van der Waals surface area contributed by atoms with Crippen molar-refractivity contribution in [3.8, 4) is 0 Å². The minimum absolute atomic E-state index is 0.534. The Kier molecular flexibility index (Phi) is 4.37. The summed E-state index contributed by atoms with van der Waals surface area (Å²) in [7, 11) is 0. The van der Waals surface area contributed by atoms with Gasteiger partial charge in [-0.05, 0) is 24.5 Å². The van der Waals surface area contributed by atoms with Gasteiger partial charge < -0.3 is 4.90 Å². The molecule has 16 heavy (non-hydrogen) atoms. The first-order valence-electron chi connectivity index (χ1n) is 5.91. The lowest BCUT2D eigenvalue weighted by molar-refractivity contribution is 0.726. The summed E-state index contributed by atoms with van der Waals surface area (Å²) < 4.78 is 0. The Morgan fingerprint density at radius 2 is 1.75 bits per heavy atom. The van der Waals surface area contributed by atoms with Crippen molar-refractivity contribution >= 4 is 28.9 Å². The van der Waals surface area contributed by atoms with Gasteiger partial charge in [0.05, 0.1) is 10.7 Å². The second kappa shape index (κ2) is 5.79. The van der Waals surface area contributed by atoms with Crippen molar-refractivity contribution in [2.24, 2.45) is 0 Å². The van der Waals surface area contributed by atoms with Crippen molar-refractivity contribution in [2.45, 2.75) is 31.6 Å². The van der Waals surface area contributed by atoms with Crippen LogP contribution >= 0.6 is 23.2 Å². The zero-order valence-electron chi connectivity index (χ0n) is 9.38. The molecule has 1 aromatic carbocycles. The van der Waals surface area contributed by atoms with E-state index in [9.17, 15) is 0 Å². The molecular weight excluding hydrogens is 241 g/mol. The van der Waals surface area contributed by atoms with Crippen molar-refractivity contribution in [2.75, 3.05) is 18.0 Å². The number of halogens is 2. The molecule has 0 spiro atoms. The Balaban J connectivity index is 2.29. The summed E-state index contributed by atoms with van der Waals surface area (Å²) in [5.74, 6) is 0.534. The van der Waals surface area contributed by atoms with Crippen molar-refractivity contribution < 1.29 is 0 Å². The van der Waals surface area contributed by atoms with Crippen LogP contribution in [0.1, 0.15) is 31.2 Å². The van der Waals surface area contributed by atoms with E-state index in [1.807, 2.05) is 12.1 Å². The molecule has 0 atom stereocenters. The molecule has 0 aromatic heterocycles. The second-order valence-electron chi connectivity index (χ2n) is 4.28. The quantitative estimate of drug-likeness (QED) is 0.708. The standard InChI is InChI=1S/C13H17Cl2N/c14-10-11-6-5-7-12(15)13(11)16-8-3-1-2-4-9-16/h5-7H,1-4,8-10H2. The van der Waals surface area contributed by atoms with Gasteiger partial charge in [-0.3, -0.25) is 0 Å². The molecule has 0 radical (unpaired) electrons. The van der Waals surface area contributed by atoms with Crippen molar-refractivity contribution in [1.82, 2.24) is 0 Å². The van der Waals surface area contributed by atoms with Crippen molar-refractivity contribution in [3.05, 3.63) is 28.8 Å². The van der Waals surface area contributed by atoms with Gasteiger partial charge in [-0.1, -0.05) is 36.6 Å². The van der Waals surface area contributed by atoms with Gasteiger partial charge in [0, 0.05) is 19.0 Å². The average molecular weight is 258 g/mol. The van der Waals surface area contributed by atoms with Gasteiger partial charge in [-0.25, -0.2) is 0 Å². The summed E-state index contributed by atoms with van der Waals surface area (Å²) in [6, 6.07) is 6.00. The van der Waals surface area contributed by atoms with Crippen LogP contribution in [0.2, 0.25) is 5.02 Å². The van der Waals surface area contributed by atoms with Gasteiger partial charge in [0.2, 0.25) is 0 Å². The SMILES string of the molecule is ClCc1cccc(Cl)c1N1CCCCCC1. The summed E-state index contributed by atoms with van der Waals surface area (Å²) in [6.07, 6.45) is 5.17. The predicted octanol–water partition coefficient (Wildman–Crippen LogP) is 4.46. The van der Waals surface area contributed by atoms with Gasteiger partial charge in [0.25, 0.3) is 0 Å². The third-order valence-corrected chi connectivity index (χ3v) is 3.73. The fraction of sp³-hybridized carbons (Fsp3) is 0.538. The van der Waals surface area contributed by atoms with Gasteiger partial charge >= 0.3 is 0 Å². The van der Waals surface area contributed by atoms with Crippen LogP contribution in [0, 0.1) is 0 Å². The van der Waals surface area contributed by atoms with E-state index in [-0.39, 0.29) is 0 Å². The van der Waals surface area contributed by atoms with E-state index in [1.54, 1.807) is 0 Å². The molecule has 0 amide bonds. The molecule has 1 saturated heterocycles. The van der Waals surface area contributed by atoms with E-state index in [4.69, 9.17) is 23.2 Å². The maximum Gasteiger partial charge on any atom is 0.0642 e. The molecule has 0 N–H and O–H groups in total. The van der Waals surface area contributed by atoms with Crippen molar-refractivity contribution in [1.29, 1.82) is 0 Å². The zero-order chi connectivity index (χ0) is 11.4. The third kappa shape index (κ3) is 2.64. The van der Waals surface area contributed by atoms with E-state index in [2.05, 4.69) is 11.0 Å². The largest absolute Gasteiger partial charge is 0.370 e. The molecule has 1 fully saturated rings. The highest BCUT2D eigenvalue weighted by Gasteiger charge is 2.15. The zero-order valence-corrected chi connectivity index (χ0v) is 10.9. The fourth-order valence-electron chi connectivity index (χ4n) is 2.32. The first-order valence-corrected chi connectivity index (χ1v) is 6.82. The van der Waals surface area contributed by atoms with Crippen LogP contribution in [0.5, 0.6) is 0 Å². The first kappa shape index (κ1) is 12.1. The Morgan fingerprint density at radius 3 is 2.38 bits per heavy atom. The molecule has 1 aliphatic heterocycles. The van der Waals surface area contributed by atoms with Gasteiger partial charge in [0.15, 0.2) is 0 Å². The molecule has 88 valence electrons. The smallest absolute Gasteiger partial charge is 0.0642 e. The van der Waals surface area contributed by atoms with Crippen LogP contribution in [0.4, 0.5) is 5.69 Å². The maximum atomic E-state index is 6.29. The molecule has 0 saturated carbocycles. The summed E-state index contributed by atoms with van der Waals surface area (Å²) in [6.45, 7) is 2.21. The first-order chi connectivity index (χ1) is 7.83. The highest BCUT2D eigenvalue weighted by atomic mass is 35.5. The number of anilines is 1. The van der Waals surface area contributed by atoms with E-state index in [0.717, 1.165) is 29.4 Å². The van der Waals surface area contributed by atoms with Crippen LogP contribution < -0.4 is 4.90 Å². The van der Waals surface area contributed by atoms with Crippen LogP contribution in [0.25, 0.3) is 0 Å². The number of hydrogen-bond acceptors (Lipinski definition) is 1. The number of hydrogen-bond donors (Lipinski definition) is 0. The molecule has 3 heteroatoms. The van der Waals surface area contributed by atoms with Gasteiger partial charge in [-0.15, -0.1) is 11.6 Å². The number of benzene rings is 1. The van der Waals surface area contributed by atoms with E-state index in [1.165, 1.54) is 25.7 Å².